The third-order valence-corrected chi connectivity index (χ3v) is 6.15. The molecule has 0 aromatic carbocycles. The molecule has 1 unspecified atom stereocenters. The van der Waals surface area contributed by atoms with E-state index in [0.29, 0.717) is 11.7 Å². The molecule has 2 aliphatic rings. The molecule has 3 heterocycles. The number of likely N-dealkylation sites (N-methyl/N-ethyl adjacent to an activating group) is 1. The first-order valence-corrected chi connectivity index (χ1v) is 9.65. The number of carbonyl (C=O) groups excluding carboxylic acids is 1. The van der Waals surface area contributed by atoms with Gasteiger partial charge in [0.05, 0.1) is 17.5 Å². The number of hydrogen-bond acceptors (Lipinski definition) is 7. The molecule has 2 aromatic rings. The Labute approximate surface area is 150 Å². The highest BCUT2D eigenvalue weighted by Crippen LogP contribution is 2.29. The quantitative estimate of drug-likeness (QED) is 0.859. The van der Waals surface area contributed by atoms with Crippen LogP contribution in [0.2, 0.25) is 0 Å². The molecule has 1 atom stereocenters. The number of carbonyl (C=O) groups is 1. The summed E-state index contributed by atoms with van der Waals surface area (Å²) in [6.07, 6.45) is 4.64. The summed E-state index contributed by atoms with van der Waals surface area (Å²) in [5, 5.41) is 10.3. The van der Waals surface area contributed by atoms with E-state index >= 15 is 0 Å². The van der Waals surface area contributed by atoms with Gasteiger partial charge in [0.2, 0.25) is 5.89 Å². The monoisotopic (exact) mass is 361 g/mol. The third-order valence-electron chi connectivity index (χ3n) is 4.91. The minimum atomic E-state index is -0.0596. The molecule has 134 valence electrons. The van der Waals surface area contributed by atoms with Crippen LogP contribution in [-0.4, -0.2) is 47.6 Å². The van der Waals surface area contributed by atoms with Crippen LogP contribution in [0.25, 0.3) is 0 Å². The number of nitrogens with one attached hydrogen (secondary N) is 2. The molecule has 1 saturated heterocycles. The van der Waals surface area contributed by atoms with Crippen LogP contribution in [-0.2, 0) is 19.4 Å². The maximum Gasteiger partial charge on any atom is 0.261 e. The number of piperazine rings is 1. The molecule has 7 nitrogen and oxygen atoms in total. The van der Waals surface area contributed by atoms with Crippen molar-refractivity contribution in [3.63, 3.8) is 0 Å². The summed E-state index contributed by atoms with van der Waals surface area (Å²) in [7, 11) is 2.06. The summed E-state index contributed by atoms with van der Waals surface area (Å²) in [5.74, 6) is 1.06. The number of aryl methyl sites for hydroxylation is 2. The number of thiophene rings is 1. The minimum Gasteiger partial charge on any atom is -0.342 e. The topological polar surface area (TPSA) is 83.3 Å². The Morgan fingerprint density at radius 2 is 2.36 bits per heavy atom. The van der Waals surface area contributed by atoms with Crippen LogP contribution < -0.4 is 10.6 Å². The van der Waals surface area contributed by atoms with Crippen molar-refractivity contribution >= 4 is 17.2 Å². The van der Waals surface area contributed by atoms with Crippen LogP contribution in [0, 0.1) is 0 Å². The van der Waals surface area contributed by atoms with Gasteiger partial charge in [-0.15, -0.1) is 11.3 Å². The minimum absolute atomic E-state index is 0.0596. The molecule has 0 radical (unpaired) electrons. The smallest absolute Gasteiger partial charge is 0.261 e. The Hall–Kier alpha value is -1.77. The van der Waals surface area contributed by atoms with E-state index in [1.807, 2.05) is 6.07 Å². The van der Waals surface area contributed by atoms with E-state index in [1.54, 1.807) is 11.3 Å². The van der Waals surface area contributed by atoms with Gasteiger partial charge in [-0.05, 0) is 44.4 Å². The van der Waals surface area contributed by atoms with E-state index in [1.165, 1.54) is 23.3 Å². The van der Waals surface area contributed by atoms with Gasteiger partial charge in [-0.2, -0.15) is 4.98 Å². The van der Waals surface area contributed by atoms with Crippen LogP contribution in [0.4, 0.5) is 0 Å². The molecular weight excluding hydrogens is 338 g/mol. The molecule has 2 aromatic heterocycles. The van der Waals surface area contributed by atoms with E-state index in [0.717, 1.165) is 37.4 Å². The summed E-state index contributed by atoms with van der Waals surface area (Å²) in [6, 6.07) is 2.15. The average Bonchev–Trinajstić information content (AvgIpc) is 3.27. The van der Waals surface area contributed by atoms with Crippen molar-refractivity contribution in [2.24, 2.45) is 0 Å². The molecule has 0 spiro atoms. The molecule has 0 saturated carbocycles. The summed E-state index contributed by atoms with van der Waals surface area (Å²) in [4.78, 5) is 21.2. The molecular formula is C17H23N5O2S. The Morgan fingerprint density at radius 1 is 1.48 bits per heavy atom. The van der Waals surface area contributed by atoms with E-state index in [2.05, 4.69) is 32.7 Å². The second-order valence-electron chi connectivity index (χ2n) is 6.70. The van der Waals surface area contributed by atoms with Gasteiger partial charge in [0.1, 0.15) is 0 Å². The first-order valence-electron chi connectivity index (χ1n) is 8.84. The predicted molar refractivity (Wildman–Crippen MR) is 94.7 cm³/mol. The van der Waals surface area contributed by atoms with Gasteiger partial charge in [-0.25, -0.2) is 0 Å². The zero-order valence-corrected chi connectivity index (χ0v) is 15.2. The summed E-state index contributed by atoms with van der Waals surface area (Å²) >= 11 is 1.61. The highest BCUT2D eigenvalue weighted by molar-refractivity contribution is 7.14. The fourth-order valence-corrected chi connectivity index (χ4v) is 4.59. The Balaban J connectivity index is 1.36. The molecule has 1 fully saturated rings. The molecule has 2 N–H and O–H groups in total. The standard InChI is InChI=1S/C17H23N5O2S/c1-22-7-6-18-9-12(22)16-20-15(24-21-16)10-19-17(23)14-8-11-4-2-3-5-13(11)25-14/h8,12,18H,2-7,9-10H2,1H3,(H,19,23). The largest absolute Gasteiger partial charge is 0.342 e. The molecule has 1 aliphatic carbocycles. The van der Waals surface area contributed by atoms with Crippen molar-refractivity contribution in [3.8, 4) is 0 Å². The van der Waals surface area contributed by atoms with E-state index in [-0.39, 0.29) is 18.5 Å². The molecule has 8 heteroatoms. The number of hydrogen-bond donors (Lipinski definition) is 2. The van der Waals surface area contributed by atoms with Crippen LogP contribution in [0.15, 0.2) is 10.6 Å². The molecule has 1 amide bonds. The van der Waals surface area contributed by atoms with Gasteiger partial charge in [0.25, 0.3) is 5.91 Å². The number of fused-ring (bicyclic) bond motifs is 1. The lowest BCUT2D eigenvalue weighted by Crippen LogP contribution is -2.44. The van der Waals surface area contributed by atoms with E-state index in [9.17, 15) is 4.79 Å². The normalized spacial score (nSPS) is 21.1. The second kappa shape index (κ2) is 7.23. The Bertz CT molecular complexity index is 733. The number of nitrogens with zero attached hydrogens (tertiary/aromatic N) is 3. The second-order valence-corrected chi connectivity index (χ2v) is 7.83. The van der Waals surface area contributed by atoms with Crippen LogP contribution in [0.1, 0.15) is 50.7 Å². The van der Waals surface area contributed by atoms with Crippen molar-refractivity contribution in [2.45, 2.75) is 38.3 Å². The van der Waals surface area contributed by atoms with Crippen LogP contribution in [0.5, 0.6) is 0 Å². The van der Waals surface area contributed by atoms with E-state index < -0.39 is 0 Å². The van der Waals surface area contributed by atoms with Crippen LogP contribution >= 0.6 is 11.3 Å². The van der Waals surface area contributed by atoms with Gasteiger partial charge in [-0.1, -0.05) is 5.16 Å². The van der Waals surface area contributed by atoms with Crippen molar-refractivity contribution in [1.82, 2.24) is 25.7 Å². The summed E-state index contributed by atoms with van der Waals surface area (Å²) < 4.78 is 5.31. The lowest BCUT2D eigenvalue weighted by Gasteiger charge is -2.30. The summed E-state index contributed by atoms with van der Waals surface area (Å²) in [5.41, 5.74) is 1.34. The van der Waals surface area contributed by atoms with Gasteiger partial charge in [0, 0.05) is 24.5 Å². The number of aromatic nitrogens is 2. The summed E-state index contributed by atoms with van der Waals surface area (Å²) in [6.45, 7) is 2.99. The Morgan fingerprint density at radius 3 is 3.20 bits per heavy atom. The number of rotatable bonds is 4. The maximum atomic E-state index is 12.4. The van der Waals surface area contributed by atoms with Crippen molar-refractivity contribution in [1.29, 1.82) is 0 Å². The third kappa shape index (κ3) is 3.61. The first kappa shape index (κ1) is 16.7. The van der Waals surface area contributed by atoms with Gasteiger partial charge in [-0.3, -0.25) is 9.69 Å². The van der Waals surface area contributed by atoms with Crippen molar-refractivity contribution in [3.05, 3.63) is 33.1 Å². The van der Waals surface area contributed by atoms with Crippen molar-refractivity contribution in [2.75, 3.05) is 26.7 Å². The van der Waals surface area contributed by atoms with Gasteiger partial charge < -0.3 is 15.2 Å². The van der Waals surface area contributed by atoms with Gasteiger partial charge >= 0.3 is 0 Å². The SMILES string of the molecule is CN1CCNCC1c1noc(CNC(=O)c2cc3c(s2)CCCC3)n1. The number of amides is 1. The zero-order chi connectivity index (χ0) is 17.2. The fourth-order valence-electron chi connectivity index (χ4n) is 3.42. The molecule has 25 heavy (non-hydrogen) atoms. The van der Waals surface area contributed by atoms with Gasteiger partial charge in [0.15, 0.2) is 5.82 Å². The zero-order valence-electron chi connectivity index (χ0n) is 14.4. The van der Waals surface area contributed by atoms with E-state index in [4.69, 9.17) is 4.52 Å². The first-order chi connectivity index (χ1) is 12.2. The highest BCUT2D eigenvalue weighted by atomic mass is 32.1. The Kier molecular flexibility index (Phi) is 4.82. The lowest BCUT2D eigenvalue weighted by atomic mass is 9.99. The predicted octanol–water partition coefficient (Wildman–Crippen LogP) is 1.52. The van der Waals surface area contributed by atoms with Crippen LogP contribution in [0.3, 0.4) is 0 Å². The molecule has 1 aliphatic heterocycles. The molecule has 0 bridgehead atoms. The van der Waals surface area contributed by atoms with Crippen molar-refractivity contribution < 1.29 is 9.32 Å². The fraction of sp³-hybridized carbons (Fsp3) is 0.588. The maximum absolute atomic E-state index is 12.4. The highest BCUT2D eigenvalue weighted by Gasteiger charge is 2.25. The average molecular weight is 361 g/mol. The molecule has 4 rings (SSSR count). The lowest BCUT2D eigenvalue weighted by molar-refractivity contribution is 0.0950.